The number of hydrogen-bond donors (Lipinski definition) is 0. The standard InChI is InChI=1S/C15H15F6N.CO2/c1-2-12-3-4-13(22-12)7-9-5-10(14(16,17)18)8-11(6-9)15(19,20)21;2-1-3/h5-6,8,12H,2-4,7H2,1H3;. The van der Waals surface area contributed by atoms with Crippen molar-refractivity contribution < 1.29 is 35.9 Å². The van der Waals surface area contributed by atoms with E-state index in [0.29, 0.717) is 12.1 Å². The maximum absolute atomic E-state index is 12.8. The second kappa shape index (κ2) is 8.29. The predicted octanol–water partition coefficient (Wildman–Crippen LogP) is 4.70. The molecule has 0 aromatic heterocycles. The van der Waals surface area contributed by atoms with Gasteiger partial charge < -0.3 is 0 Å². The summed E-state index contributed by atoms with van der Waals surface area (Å²) in [5.41, 5.74) is -1.89. The van der Waals surface area contributed by atoms with E-state index in [2.05, 4.69) is 4.99 Å². The zero-order chi connectivity index (χ0) is 19.3. The third kappa shape index (κ3) is 6.34. The first-order valence-electron chi connectivity index (χ1n) is 7.34. The van der Waals surface area contributed by atoms with Crippen LogP contribution in [0.15, 0.2) is 23.2 Å². The molecule has 0 fully saturated rings. The zero-order valence-electron chi connectivity index (χ0n) is 13.2. The van der Waals surface area contributed by atoms with Crippen molar-refractivity contribution in [1.82, 2.24) is 0 Å². The summed E-state index contributed by atoms with van der Waals surface area (Å²) in [6.07, 6.45) is -7.09. The molecule has 1 heterocycles. The highest BCUT2D eigenvalue weighted by atomic mass is 19.4. The molecule has 0 N–H and O–H groups in total. The minimum absolute atomic E-state index is 0.00217. The van der Waals surface area contributed by atoms with Gasteiger partial charge in [0.15, 0.2) is 0 Å². The van der Waals surface area contributed by atoms with Crippen LogP contribution in [0.3, 0.4) is 0 Å². The third-order valence-corrected chi connectivity index (χ3v) is 3.66. The van der Waals surface area contributed by atoms with Crippen LogP contribution < -0.4 is 0 Å². The van der Waals surface area contributed by atoms with E-state index in [0.717, 1.165) is 25.0 Å². The van der Waals surface area contributed by atoms with Crippen molar-refractivity contribution in [3.05, 3.63) is 34.9 Å². The van der Waals surface area contributed by atoms with Crippen LogP contribution in [0, 0.1) is 0 Å². The highest BCUT2D eigenvalue weighted by Crippen LogP contribution is 2.36. The first-order valence-corrected chi connectivity index (χ1v) is 7.34. The molecule has 25 heavy (non-hydrogen) atoms. The van der Waals surface area contributed by atoms with Crippen molar-refractivity contribution in [3.8, 4) is 0 Å². The van der Waals surface area contributed by atoms with Crippen molar-refractivity contribution in [2.75, 3.05) is 0 Å². The van der Waals surface area contributed by atoms with Crippen LogP contribution in [-0.4, -0.2) is 17.9 Å². The van der Waals surface area contributed by atoms with Crippen LogP contribution in [0.4, 0.5) is 26.3 Å². The Bertz CT molecular complexity index is 625. The number of benzene rings is 1. The lowest BCUT2D eigenvalue weighted by Gasteiger charge is -2.14. The Balaban J connectivity index is 0.000000970. The maximum Gasteiger partial charge on any atom is 0.416 e. The Morgan fingerprint density at radius 1 is 1.04 bits per heavy atom. The van der Waals surface area contributed by atoms with Gasteiger partial charge in [0, 0.05) is 18.2 Å². The molecule has 0 saturated heterocycles. The van der Waals surface area contributed by atoms with E-state index < -0.39 is 23.5 Å². The van der Waals surface area contributed by atoms with Gasteiger partial charge in [-0.1, -0.05) is 6.92 Å². The largest absolute Gasteiger partial charge is 0.416 e. The highest BCUT2D eigenvalue weighted by Gasteiger charge is 2.37. The summed E-state index contributed by atoms with van der Waals surface area (Å²) in [5.74, 6) is 0. The van der Waals surface area contributed by atoms with Crippen LogP contribution in [0.5, 0.6) is 0 Å². The summed E-state index contributed by atoms with van der Waals surface area (Å²) >= 11 is 0. The van der Waals surface area contributed by atoms with Gasteiger partial charge in [0.2, 0.25) is 0 Å². The molecule has 3 nitrogen and oxygen atoms in total. The minimum Gasteiger partial charge on any atom is -0.290 e. The summed E-state index contributed by atoms with van der Waals surface area (Å²) in [6, 6.07) is 1.82. The number of hydrogen-bond acceptors (Lipinski definition) is 3. The second-order valence-electron chi connectivity index (χ2n) is 5.47. The van der Waals surface area contributed by atoms with Crippen molar-refractivity contribution in [2.24, 2.45) is 4.99 Å². The molecular weight excluding hydrogens is 352 g/mol. The van der Waals surface area contributed by atoms with Crippen molar-refractivity contribution in [1.29, 1.82) is 0 Å². The van der Waals surface area contributed by atoms with E-state index in [1.54, 1.807) is 0 Å². The van der Waals surface area contributed by atoms with E-state index in [9.17, 15) is 26.3 Å². The molecule has 0 saturated carbocycles. The average Bonchev–Trinajstić information content (AvgIpc) is 2.93. The lowest BCUT2D eigenvalue weighted by molar-refractivity contribution is -0.191. The van der Waals surface area contributed by atoms with E-state index in [-0.39, 0.29) is 30.2 Å². The molecule has 0 radical (unpaired) electrons. The van der Waals surface area contributed by atoms with Crippen molar-refractivity contribution in [2.45, 2.75) is 51.0 Å². The number of rotatable bonds is 3. The second-order valence-corrected chi connectivity index (χ2v) is 5.47. The number of alkyl halides is 6. The summed E-state index contributed by atoms with van der Waals surface area (Å²) in [5, 5.41) is 0. The Kier molecular flexibility index (Phi) is 6.93. The summed E-state index contributed by atoms with van der Waals surface area (Å²) in [4.78, 5) is 20.6. The first kappa shape index (κ1) is 20.9. The Morgan fingerprint density at radius 2 is 1.52 bits per heavy atom. The van der Waals surface area contributed by atoms with Gasteiger partial charge in [0.05, 0.1) is 11.1 Å². The van der Waals surface area contributed by atoms with E-state index in [1.165, 1.54) is 0 Å². The van der Waals surface area contributed by atoms with Gasteiger partial charge in [-0.2, -0.15) is 35.9 Å². The zero-order valence-corrected chi connectivity index (χ0v) is 13.2. The smallest absolute Gasteiger partial charge is 0.290 e. The van der Waals surface area contributed by atoms with Crippen LogP contribution in [0.2, 0.25) is 0 Å². The third-order valence-electron chi connectivity index (χ3n) is 3.66. The maximum atomic E-state index is 12.8. The topological polar surface area (TPSA) is 46.5 Å². The van der Waals surface area contributed by atoms with Gasteiger partial charge in [0.25, 0.3) is 0 Å². The molecule has 1 aromatic carbocycles. The summed E-state index contributed by atoms with van der Waals surface area (Å²) in [6.45, 7) is 1.95. The fraction of sp³-hybridized carbons (Fsp3) is 0.500. The number of halogens is 6. The molecule has 0 amide bonds. The SMILES string of the molecule is CCC1CCC(Cc2cc(C(F)(F)F)cc(C(F)(F)F)c2)=N1.O=C=O. The van der Waals surface area contributed by atoms with Crippen LogP contribution in [0.25, 0.3) is 0 Å². The minimum atomic E-state index is -4.81. The summed E-state index contributed by atoms with van der Waals surface area (Å²) in [7, 11) is 0. The molecule has 1 aliphatic rings. The lowest BCUT2D eigenvalue weighted by atomic mass is 9.99. The van der Waals surface area contributed by atoms with Gasteiger partial charge in [0.1, 0.15) is 0 Å². The Hall–Kier alpha value is -2.15. The fourth-order valence-electron chi connectivity index (χ4n) is 2.51. The molecule has 1 unspecified atom stereocenters. The lowest BCUT2D eigenvalue weighted by Crippen LogP contribution is -2.12. The predicted molar refractivity (Wildman–Crippen MR) is 75.9 cm³/mol. The first-order chi connectivity index (χ1) is 11.5. The van der Waals surface area contributed by atoms with Crippen molar-refractivity contribution in [3.63, 3.8) is 0 Å². The molecular formula is C16H15F6NO2. The molecule has 2 rings (SSSR count). The molecule has 138 valence electrons. The summed E-state index contributed by atoms with van der Waals surface area (Å²) < 4.78 is 76.6. The van der Waals surface area contributed by atoms with Crippen LogP contribution in [0.1, 0.15) is 42.9 Å². The molecule has 0 spiro atoms. The number of aliphatic imine (C=N–C) groups is 1. The van der Waals surface area contributed by atoms with Gasteiger partial charge in [-0.15, -0.1) is 0 Å². The van der Waals surface area contributed by atoms with Gasteiger partial charge >= 0.3 is 18.5 Å². The monoisotopic (exact) mass is 367 g/mol. The number of carbonyl (C=O) groups excluding carboxylic acids is 2. The molecule has 1 aromatic rings. The Morgan fingerprint density at radius 3 is 1.88 bits per heavy atom. The average molecular weight is 367 g/mol. The van der Waals surface area contributed by atoms with Crippen LogP contribution >= 0.6 is 0 Å². The molecule has 1 aliphatic heterocycles. The van der Waals surface area contributed by atoms with E-state index >= 15 is 0 Å². The Labute approximate surface area is 139 Å². The van der Waals surface area contributed by atoms with Gasteiger partial charge in [-0.05, 0) is 43.0 Å². The van der Waals surface area contributed by atoms with Crippen molar-refractivity contribution >= 4 is 11.9 Å². The molecule has 9 heteroatoms. The molecule has 0 bridgehead atoms. The quantitative estimate of drug-likeness (QED) is 0.728. The highest BCUT2D eigenvalue weighted by molar-refractivity contribution is 5.88. The number of nitrogens with zero attached hydrogens (tertiary/aromatic N) is 1. The normalized spacial score (nSPS) is 17.4. The van der Waals surface area contributed by atoms with Gasteiger partial charge in [-0.3, -0.25) is 4.99 Å². The van der Waals surface area contributed by atoms with E-state index in [1.807, 2.05) is 6.92 Å². The molecule has 1 atom stereocenters. The molecule has 0 aliphatic carbocycles. The van der Waals surface area contributed by atoms with Gasteiger partial charge in [-0.25, -0.2) is 0 Å². The van der Waals surface area contributed by atoms with Crippen LogP contribution in [-0.2, 0) is 28.4 Å². The van der Waals surface area contributed by atoms with E-state index in [4.69, 9.17) is 9.59 Å². The fourth-order valence-corrected chi connectivity index (χ4v) is 2.51.